The molecule has 0 radical (unpaired) electrons. The molecule has 1 amide bonds. The molecule has 2 aromatic heterocycles. The molecule has 1 N–H and O–H groups in total. The van der Waals surface area contributed by atoms with Crippen LogP contribution in [0, 0.1) is 6.92 Å². The number of ether oxygens (including phenoxy) is 1. The van der Waals surface area contributed by atoms with Crippen LogP contribution >= 0.6 is 0 Å². The van der Waals surface area contributed by atoms with Crippen molar-refractivity contribution in [3.05, 3.63) is 53.5 Å². The van der Waals surface area contributed by atoms with Crippen LogP contribution in [0.15, 0.2) is 36.7 Å². The van der Waals surface area contributed by atoms with Crippen LogP contribution in [0.5, 0.6) is 5.88 Å². The summed E-state index contributed by atoms with van der Waals surface area (Å²) in [5.74, 6) is 0.350. The molecule has 0 aromatic carbocycles. The maximum atomic E-state index is 11.9. The fourth-order valence-corrected chi connectivity index (χ4v) is 1.62. The van der Waals surface area contributed by atoms with Gasteiger partial charge in [-0.1, -0.05) is 6.07 Å². The van der Waals surface area contributed by atoms with E-state index < -0.39 is 0 Å². The second-order valence-corrected chi connectivity index (χ2v) is 4.04. The molecular formula is C14H15N3O2. The number of hydrogen-bond donors (Lipinski definition) is 1. The van der Waals surface area contributed by atoms with E-state index in [0.717, 1.165) is 11.3 Å². The van der Waals surface area contributed by atoms with Gasteiger partial charge in [0, 0.05) is 30.2 Å². The van der Waals surface area contributed by atoms with E-state index in [1.165, 1.54) is 0 Å². The van der Waals surface area contributed by atoms with Gasteiger partial charge in [-0.3, -0.25) is 9.78 Å². The highest BCUT2D eigenvalue weighted by molar-refractivity contribution is 5.93. The quantitative estimate of drug-likeness (QED) is 0.905. The molecule has 0 spiro atoms. The number of aromatic nitrogens is 2. The Morgan fingerprint density at radius 3 is 2.84 bits per heavy atom. The van der Waals surface area contributed by atoms with Crippen molar-refractivity contribution < 1.29 is 9.53 Å². The van der Waals surface area contributed by atoms with Crippen LogP contribution in [0.2, 0.25) is 0 Å². The summed E-state index contributed by atoms with van der Waals surface area (Å²) < 4.78 is 5.12. The number of methoxy groups -OCH3 is 1. The van der Waals surface area contributed by atoms with Crippen molar-refractivity contribution in [2.75, 3.05) is 7.11 Å². The lowest BCUT2D eigenvalue weighted by Crippen LogP contribution is -2.23. The molecule has 2 heterocycles. The molecular weight excluding hydrogens is 242 g/mol. The largest absolute Gasteiger partial charge is 0.481 e. The Kier molecular flexibility index (Phi) is 4.07. The van der Waals surface area contributed by atoms with Crippen LogP contribution < -0.4 is 10.1 Å². The van der Waals surface area contributed by atoms with E-state index in [1.54, 1.807) is 37.7 Å². The molecule has 0 saturated heterocycles. The van der Waals surface area contributed by atoms with E-state index in [2.05, 4.69) is 15.3 Å². The first-order valence-corrected chi connectivity index (χ1v) is 5.89. The van der Waals surface area contributed by atoms with Crippen LogP contribution in [0.25, 0.3) is 0 Å². The molecule has 0 aliphatic rings. The zero-order valence-corrected chi connectivity index (χ0v) is 10.9. The highest BCUT2D eigenvalue weighted by atomic mass is 16.5. The van der Waals surface area contributed by atoms with E-state index >= 15 is 0 Å². The summed E-state index contributed by atoms with van der Waals surface area (Å²) in [5.41, 5.74) is 2.25. The first kappa shape index (κ1) is 13.0. The second-order valence-electron chi connectivity index (χ2n) is 4.04. The van der Waals surface area contributed by atoms with Crippen LogP contribution in [-0.4, -0.2) is 23.0 Å². The number of aryl methyl sites for hydroxylation is 1. The van der Waals surface area contributed by atoms with E-state index in [4.69, 9.17) is 4.74 Å². The fraction of sp³-hybridized carbons (Fsp3) is 0.214. The molecule has 98 valence electrons. The van der Waals surface area contributed by atoms with Crippen molar-refractivity contribution in [3.8, 4) is 5.88 Å². The number of hydrogen-bond acceptors (Lipinski definition) is 4. The highest BCUT2D eigenvalue weighted by Crippen LogP contribution is 2.13. The Hall–Kier alpha value is -2.43. The fourth-order valence-electron chi connectivity index (χ4n) is 1.62. The zero-order valence-electron chi connectivity index (χ0n) is 10.9. The van der Waals surface area contributed by atoms with Gasteiger partial charge in [0.25, 0.3) is 5.91 Å². The van der Waals surface area contributed by atoms with Crippen molar-refractivity contribution >= 4 is 5.91 Å². The SMILES string of the molecule is COc1ncccc1CNC(=O)c1ccc(C)nc1. The summed E-state index contributed by atoms with van der Waals surface area (Å²) in [5, 5.41) is 2.81. The predicted molar refractivity (Wildman–Crippen MR) is 70.9 cm³/mol. The third kappa shape index (κ3) is 3.28. The number of amides is 1. The van der Waals surface area contributed by atoms with Gasteiger partial charge in [0.1, 0.15) is 0 Å². The summed E-state index contributed by atoms with van der Waals surface area (Å²) in [4.78, 5) is 20.1. The molecule has 0 unspecified atom stereocenters. The van der Waals surface area contributed by atoms with Crippen molar-refractivity contribution in [1.82, 2.24) is 15.3 Å². The minimum absolute atomic E-state index is 0.168. The predicted octanol–water partition coefficient (Wildman–Crippen LogP) is 1.72. The van der Waals surface area contributed by atoms with Crippen LogP contribution in [0.3, 0.4) is 0 Å². The topological polar surface area (TPSA) is 64.1 Å². The Balaban J connectivity index is 2.02. The molecule has 0 atom stereocenters. The van der Waals surface area contributed by atoms with Crippen LogP contribution in [0.4, 0.5) is 0 Å². The van der Waals surface area contributed by atoms with E-state index in [1.807, 2.05) is 13.0 Å². The van der Waals surface area contributed by atoms with Gasteiger partial charge in [0.05, 0.1) is 12.7 Å². The van der Waals surface area contributed by atoms with Crippen LogP contribution in [0.1, 0.15) is 21.6 Å². The Morgan fingerprint density at radius 1 is 1.32 bits per heavy atom. The molecule has 0 aliphatic heterocycles. The van der Waals surface area contributed by atoms with E-state index in [0.29, 0.717) is 18.0 Å². The van der Waals surface area contributed by atoms with Gasteiger partial charge in [-0.25, -0.2) is 4.98 Å². The Bertz CT molecular complexity index is 567. The molecule has 0 fully saturated rings. The summed E-state index contributed by atoms with van der Waals surface area (Å²) in [6.45, 7) is 2.24. The Morgan fingerprint density at radius 2 is 2.16 bits per heavy atom. The summed E-state index contributed by atoms with van der Waals surface area (Å²) in [6.07, 6.45) is 3.21. The number of nitrogens with one attached hydrogen (secondary N) is 1. The number of pyridine rings is 2. The summed E-state index contributed by atoms with van der Waals surface area (Å²) in [6, 6.07) is 7.22. The summed E-state index contributed by atoms with van der Waals surface area (Å²) in [7, 11) is 1.55. The van der Waals surface area contributed by atoms with Gasteiger partial charge in [-0.2, -0.15) is 0 Å². The van der Waals surface area contributed by atoms with Gasteiger partial charge < -0.3 is 10.1 Å². The van der Waals surface area contributed by atoms with Crippen LogP contribution in [-0.2, 0) is 6.54 Å². The van der Waals surface area contributed by atoms with E-state index in [-0.39, 0.29) is 5.91 Å². The van der Waals surface area contributed by atoms with Gasteiger partial charge in [-0.15, -0.1) is 0 Å². The van der Waals surface area contributed by atoms with Gasteiger partial charge >= 0.3 is 0 Å². The Labute approximate surface area is 111 Å². The molecule has 2 rings (SSSR count). The van der Waals surface area contributed by atoms with Gasteiger partial charge in [0.15, 0.2) is 0 Å². The molecule has 5 heteroatoms. The van der Waals surface area contributed by atoms with Crippen molar-refractivity contribution in [2.24, 2.45) is 0 Å². The van der Waals surface area contributed by atoms with Crippen molar-refractivity contribution in [2.45, 2.75) is 13.5 Å². The normalized spacial score (nSPS) is 10.0. The first-order valence-electron chi connectivity index (χ1n) is 5.89. The summed E-state index contributed by atoms with van der Waals surface area (Å²) >= 11 is 0. The molecule has 0 saturated carbocycles. The standard InChI is InChI=1S/C14H15N3O2/c1-10-5-6-11(8-16-10)13(18)17-9-12-4-3-7-15-14(12)19-2/h3-8H,9H2,1-2H3,(H,17,18). The third-order valence-electron chi connectivity index (χ3n) is 2.66. The van der Waals surface area contributed by atoms with Gasteiger partial charge in [0.2, 0.25) is 5.88 Å². The zero-order chi connectivity index (χ0) is 13.7. The molecule has 0 bridgehead atoms. The monoisotopic (exact) mass is 257 g/mol. The molecule has 19 heavy (non-hydrogen) atoms. The number of carbonyl (C=O) groups excluding carboxylic acids is 1. The minimum atomic E-state index is -0.168. The average molecular weight is 257 g/mol. The van der Waals surface area contributed by atoms with Gasteiger partial charge in [-0.05, 0) is 25.1 Å². The lowest BCUT2D eigenvalue weighted by atomic mass is 10.2. The first-order chi connectivity index (χ1) is 9.20. The highest BCUT2D eigenvalue weighted by Gasteiger charge is 2.08. The maximum Gasteiger partial charge on any atom is 0.253 e. The minimum Gasteiger partial charge on any atom is -0.481 e. The lowest BCUT2D eigenvalue weighted by Gasteiger charge is -2.08. The maximum absolute atomic E-state index is 11.9. The molecule has 5 nitrogen and oxygen atoms in total. The van der Waals surface area contributed by atoms with Crippen molar-refractivity contribution in [1.29, 1.82) is 0 Å². The number of rotatable bonds is 4. The molecule has 0 aliphatic carbocycles. The molecule has 2 aromatic rings. The second kappa shape index (κ2) is 5.95. The number of nitrogens with zero attached hydrogens (tertiary/aromatic N) is 2. The smallest absolute Gasteiger partial charge is 0.253 e. The van der Waals surface area contributed by atoms with Crippen molar-refractivity contribution in [3.63, 3.8) is 0 Å². The lowest BCUT2D eigenvalue weighted by molar-refractivity contribution is 0.0950. The van der Waals surface area contributed by atoms with E-state index in [9.17, 15) is 4.79 Å². The average Bonchev–Trinajstić information content (AvgIpc) is 2.45. The number of carbonyl (C=O) groups is 1. The third-order valence-corrected chi connectivity index (χ3v) is 2.66.